The number of aryl methyl sites for hydroxylation is 2. The molecule has 0 radical (unpaired) electrons. The Hall–Kier alpha value is -0.870. The quantitative estimate of drug-likeness (QED) is 0.896. The van der Waals surface area contributed by atoms with Crippen molar-refractivity contribution in [1.29, 1.82) is 0 Å². The molecule has 17 heavy (non-hydrogen) atoms. The van der Waals surface area contributed by atoms with Gasteiger partial charge in [-0.3, -0.25) is 4.79 Å². The molecule has 1 amide bonds. The van der Waals surface area contributed by atoms with Crippen LogP contribution in [-0.4, -0.2) is 35.6 Å². The minimum Gasteiger partial charge on any atom is -0.396 e. The molecule has 1 atom stereocenters. The van der Waals surface area contributed by atoms with E-state index in [4.69, 9.17) is 5.11 Å². The van der Waals surface area contributed by atoms with E-state index in [9.17, 15) is 4.79 Å². The molecule has 0 spiro atoms. The lowest BCUT2D eigenvalue weighted by Gasteiger charge is -2.14. The Morgan fingerprint density at radius 1 is 1.65 bits per heavy atom. The number of carbonyl (C=O) groups excluding carboxylic acids is 1. The predicted octanol–water partition coefficient (Wildman–Crippen LogP) is 2.07. The number of hydrogen-bond acceptors (Lipinski definition) is 3. The van der Waals surface area contributed by atoms with E-state index in [-0.39, 0.29) is 18.4 Å². The van der Waals surface area contributed by atoms with Gasteiger partial charge < -0.3 is 10.0 Å². The standard InChI is InChI=1S/C13H19NO2S/c1-3-11-9(2)6-12(17-11)13(16)14-5-4-10(7-14)8-15/h6,10,15H,3-5,7-8H2,1-2H3. The van der Waals surface area contributed by atoms with Gasteiger partial charge in [0.25, 0.3) is 5.91 Å². The number of aliphatic hydroxyl groups excluding tert-OH is 1. The zero-order valence-electron chi connectivity index (χ0n) is 10.4. The van der Waals surface area contributed by atoms with E-state index < -0.39 is 0 Å². The Labute approximate surface area is 106 Å². The Morgan fingerprint density at radius 2 is 2.41 bits per heavy atom. The fraction of sp³-hybridized carbons (Fsp3) is 0.615. The van der Waals surface area contributed by atoms with Crippen LogP contribution >= 0.6 is 11.3 Å². The van der Waals surface area contributed by atoms with Crippen molar-refractivity contribution in [2.75, 3.05) is 19.7 Å². The van der Waals surface area contributed by atoms with Crippen LogP contribution in [0, 0.1) is 12.8 Å². The number of nitrogens with zero attached hydrogens (tertiary/aromatic N) is 1. The van der Waals surface area contributed by atoms with Gasteiger partial charge >= 0.3 is 0 Å². The van der Waals surface area contributed by atoms with Crippen molar-refractivity contribution in [2.45, 2.75) is 26.7 Å². The van der Waals surface area contributed by atoms with E-state index in [0.717, 1.165) is 24.3 Å². The van der Waals surface area contributed by atoms with Gasteiger partial charge in [-0.15, -0.1) is 11.3 Å². The van der Waals surface area contributed by atoms with Crippen LogP contribution in [0.15, 0.2) is 6.07 Å². The summed E-state index contributed by atoms with van der Waals surface area (Å²) < 4.78 is 0. The molecule has 0 saturated carbocycles. The number of carbonyl (C=O) groups is 1. The molecule has 2 rings (SSSR count). The van der Waals surface area contributed by atoms with Gasteiger partial charge in [-0.1, -0.05) is 6.92 Å². The molecule has 94 valence electrons. The molecule has 1 saturated heterocycles. The lowest BCUT2D eigenvalue weighted by atomic mass is 10.1. The Balaban J connectivity index is 2.09. The van der Waals surface area contributed by atoms with Crippen molar-refractivity contribution >= 4 is 17.2 Å². The first-order valence-electron chi connectivity index (χ1n) is 6.15. The first kappa shape index (κ1) is 12.6. The molecule has 0 aromatic carbocycles. The SMILES string of the molecule is CCc1sc(C(=O)N2CCC(CO)C2)cc1C. The first-order chi connectivity index (χ1) is 8.15. The Bertz CT molecular complexity index is 414. The zero-order valence-corrected chi connectivity index (χ0v) is 11.2. The topological polar surface area (TPSA) is 40.5 Å². The van der Waals surface area contributed by atoms with Crippen molar-refractivity contribution in [2.24, 2.45) is 5.92 Å². The van der Waals surface area contributed by atoms with E-state index in [2.05, 4.69) is 13.8 Å². The Kier molecular flexibility index (Phi) is 3.84. The monoisotopic (exact) mass is 253 g/mol. The van der Waals surface area contributed by atoms with E-state index in [1.54, 1.807) is 11.3 Å². The summed E-state index contributed by atoms with van der Waals surface area (Å²) in [4.78, 5) is 16.3. The summed E-state index contributed by atoms with van der Waals surface area (Å²) >= 11 is 1.61. The van der Waals surface area contributed by atoms with E-state index in [1.807, 2.05) is 11.0 Å². The molecular weight excluding hydrogens is 234 g/mol. The van der Waals surface area contributed by atoms with Crippen molar-refractivity contribution in [3.05, 3.63) is 21.4 Å². The largest absolute Gasteiger partial charge is 0.396 e. The van der Waals surface area contributed by atoms with Crippen molar-refractivity contribution in [3.63, 3.8) is 0 Å². The summed E-state index contributed by atoms with van der Waals surface area (Å²) in [7, 11) is 0. The van der Waals surface area contributed by atoms with Crippen LogP contribution in [0.4, 0.5) is 0 Å². The van der Waals surface area contributed by atoms with Crippen molar-refractivity contribution in [3.8, 4) is 0 Å². The maximum absolute atomic E-state index is 12.2. The summed E-state index contributed by atoms with van der Waals surface area (Å²) in [6.07, 6.45) is 1.91. The van der Waals surface area contributed by atoms with Gasteiger partial charge in [0, 0.05) is 30.5 Å². The molecule has 1 aliphatic rings. The third-order valence-corrected chi connectivity index (χ3v) is 4.75. The summed E-state index contributed by atoms with van der Waals surface area (Å²) in [6.45, 7) is 5.85. The lowest BCUT2D eigenvalue weighted by molar-refractivity contribution is 0.0786. The van der Waals surface area contributed by atoms with Gasteiger partial charge in [-0.2, -0.15) is 0 Å². The first-order valence-corrected chi connectivity index (χ1v) is 6.96. The number of hydrogen-bond donors (Lipinski definition) is 1. The van der Waals surface area contributed by atoms with Crippen LogP contribution in [0.25, 0.3) is 0 Å². The van der Waals surface area contributed by atoms with E-state index in [1.165, 1.54) is 10.4 Å². The van der Waals surface area contributed by atoms with Gasteiger partial charge in [0.05, 0.1) is 4.88 Å². The van der Waals surface area contributed by atoms with E-state index in [0.29, 0.717) is 6.54 Å². The third-order valence-electron chi connectivity index (χ3n) is 3.38. The highest BCUT2D eigenvalue weighted by molar-refractivity contribution is 7.14. The van der Waals surface area contributed by atoms with Crippen LogP contribution < -0.4 is 0 Å². The molecule has 0 aliphatic carbocycles. The summed E-state index contributed by atoms with van der Waals surface area (Å²) in [5.74, 6) is 0.402. The second kappa shape index (κ2) is 5.19. The van der Waals surface area contributed by atoms with E-state index >= 15 is 0 Å². The zero-order chi connectivity index (χ0) is 12.4. The van der Waals surface area contributed by atoms with Crippen LogP contribution in [-0.2, 0) is 6.42 Å². The molecule has 1 fully saturated rings. The summed E-state index contributed by atoms with van der Waals surface area (Å²) in [5.41, 5.74) is 1.22. The molecule has 1 aromatic heterocycles. The molecule has 4 heteroatoms. The number of rotatable bonds is 3. The van der Waals surface area contributed by atoms with Crippen molar-refractivity contribution < 1.29 is 9.90 Å². The third kappa shape index (κ3) is 2.53. The molecule has 3 nitrogen and oxygen atoms in total. The molecule has 1 N–H and O–H groups in total. The summed E-state index contributed by atoms with van der Waals surface area (Å²) in [5, 5.41) is 9.09. The normalized spacial score (nSPS) is 19.9. The minimum atomic E-state index is 0.133. The lowest BCUT2D eigenvalue weighted by Crippen LogP contribution is -2.28. The van der Waals surface area contributed by atoms with Gasteiger partial charge in [0.2, 0.25) is 0 Å². The maximum Gasteiger partial charge on any atom is 0.263 e. The molecule has 2 heterocycles. The van der Waals surface area contributed by atoms with Gasteiger partial charge in [-0.05, 0) is 31.4 Å². The maximum atomic E-state index is 12.2. The fourth-order valence-corrected chi connectivity index (χ4v) is 3.38. The highest BCUT2D eigenvalue weighted by atomic mass is 32.1. The number of amides is 1. The minimum absolute atomic E-state index is 0.133. The number of thiophene rings is 1. The molecule has 0 bridgehead atoms. The second-order valence-corrected chi connectivity index (χ2v) is 5.80. The molecular formula is C13H19NO2S. The fourth-order valence-electron chi connectivity index (χ4n) is 2.30. The van der Waals surface area contributed by atoms with Crippen molar-refractivity contribution in [1.82, 2.24) is 4.90 Å². The van der Waals surface area contributed by atoms with Gasteiger partial charge in [0.15, 0.2) is 0 Å². The van der Waals surface area contributed by atoms with Crippen LogP contribution in [0.2, 0.25) is 0 Å². The van der Waals surface area contributed by atoms with Crippen LogP contribution in [0.1, 0.15) is 33.5 Å². The molecule has 1 aliphatic heterocycles. The average Bonchev–Trinajstić information content (AvgIpc) is 2.94. The molecule has 1 aromatic rings. The highest BCUT2D eigenvalue weighted by Crippen LogP contribution is 2.26. The average molecular weight is 253 g/mol. The molecule has 1 unspecified atom stereocenters. The Morgan fingerprint density at radius 3 is 2.94 bits per heavy atom. The van der Waals surface area contributed by atoms with Crippen LogP contribution in [0.5, 0.6) is 0 Å². The number of aliphatic hydroxyl groups is 1. The van der Waals surface area contributed by atoms with Crippen LogP contribution in [0.3, 0.4) is 0 Å². The smallest absolute Gasteiger partial charge is 0.263 e. The summed E-state index contributed by atoms with van der Waals surface area (Å²) in [6, 6.07) is 2.00. The number of likely N-dealkylation sites (tertiary alicyclic amines) is 1. The van der Waals surface area contributed by atoms with Gasteiger partial charge in [0.1, 0.15) is 0 Å². The second-order valence-electron chi connectivity index (χ2n) is 4.66. The predicted molar refractivity (Wildman–Crippen MR) is 69.5 cm³/mol. The highest BCUT2D eigenvalue weighted by Gasteiger charge is 2.27. The van der Waals surface area contributed by atoms with Gasteiger partial charge in [-0.25, -0.2) is 0 Å².